The molecule has 2 aliphatic heterocycles. The lowest BCUT2D eigenvalue weighted by Gasteiger charge is -2.43. The number of halogens is 3. The molecule has 2 aliphatic carbocycles. The van der Waals surface area contributed by atoms with Gasteiger partial charge in [0.25, 0.3) is 5.91 Å². The van der Waals surface area contributed by atoms with Crippen LogP contribution in [-0.2, 0) is 20.6 Å². The molecule has 0 spiro atoms. The van der Waals surface area contributed by atoms with Crippen LogP contribution < -0.4 is 24.6 Å². The van der Waals surface area contributed by atoms with Gasteiger partial charge in [0.15, 0.2) is 18.1 Å². The number of benzene rings is 3. The summed E-state index contributed by atoms with van der Waals surface area (Å²) in [5.74, 6) is -1.61. The van der Waals surface area contributed by atoms with Gasteiger partial charge in [0.2, 0.25) is 11.8 Å². The molecule has 2 saturated carbocycles. The third-order valence-corrected chi connectivity index (χ3v) is 12.8. The third-order valence-electron chi connectivity index (χ3n) is 10.2. The number of nitrogens with zero attached hydrogens (tertiary/aromatic N) is 1. The van der Waals surface area contributed by atoms with E-state index in [1.54, 1.807) is 36.9 Å². The van der Waals surface area contributed by atoms with E-state index in [4.69, 9.17) is 9.47 Å². The van der Waals surface area contributed by atoms with Crippen LogP contribution in [0, 0.1) is 29.6 Å². The maximum absolute atomic E-state index is 14.0. The van der Waals surface area contributed by atoms with E-state index in [9.17, 15) is 32.3 Å². The monoisotopic (exact) mass is 721 g/mol. The number of fused-ring (bicyclic) bond motifs is 9. The minimum Gasteiger partial charge on any atom is -0.490 e. The van der Waals surface area contributed by atoms with Gasteiger partial charge in [-0.05, 0) is 79.1 Å². The Bertz CT molecular complexity index is 2070. The Hall–Kier alpha value is -4.56. The number of H-pyrrole nitrogens is 1. The summed E-state index contributed by atoms with van der Waals surface area (Å²) in [7, 11) is 0. The quantitative estimate of drug-likeness (QED) is 0.198. The first-order valence-corrected chi connectivity index (χ1v) is 17.9. The minimum absolute atomic E-state index is 0.00230. The average molecular weight is 722 g/mol. The first-order chi connectivity index (χ1) is 24.0. The van der Waals surface area contributed by atoms with Crippen molar-refractivity contribution >= 4 is 52.2 Å². The molecule has 4 aliphatic rings. The Morgan fingerprint density at radius 1 is 0.940 bits per heavy atom. The summed E-state index contributed by atoms with van der Waals surface area (Å²) in [5, 5.41) is 3.21. The van der Waals surface area contributed by atoms with Crippen molar-refractivity contribution in [3.05, 3.63) is 98.5 Å². The fourth-order valence-electron chi connectivity index (χ4n) is 8.44. The van der Waals surface area contributed by atoms with Crippen molar-refractivity contribution in [1.82, 2.24) is 4.98 Å². The largest absolute Gasteiger partial charge is 0.490 e. The van der Waals surface area contributed by atoms with E-state index < -0.39 is 36.1 Å². The fourth-order valence-corrected chi connectivity index (χ4v) is 11.3. The molecule has 2 bridgehead atoms. The Kier molecular flexibility index (Phi) is 8.05. The van der Waals surface area contributed by atoms with Gasteiger partial charge in [0.05, 0.1) is 34.7 Å². The number of carbonyl (C=O) groups is 3. The molecule has 7 atom stereocenters. The second kappa shape index (κ2) is 12.3. The van der Waals surface area contributed by atoms with Crippen LogP contribution in [0.3, 0.4) is 0 Å². The maximum atomic E-state index is 14.0. The van der Waals surface area contributed by atoms with Crippen LogP contribution in [0.2, 0.25) is 0 Å². The van der Waals surface area contributed by atoms with Crippen molar-refractivity contribution in [2.75, 3.05) is 23.4 Å². The number of nitrogens with one attached hydrogen (secondary N) is 2. The summed E-state index contributed by atoms with van der Waals surface area (Å²) < 4.78 is 51.1. The third kappa shape index (κ3) is 5.39. The van der Waals surface area contributed by atoms with E-state index in [-0.39, 0.29) is 63.7 Å². The Balaban J connectivity index is 1.07. The molecule has 8 rings (SSSR count). The topological polar surface area (TPSA) is 118 Å². The van der Waals surface area contributed by atoms with Gasteiger partial charge in [-0.2, -0.15) is 13.2 Å². The van der Waals surface area contributed by atoms with E-state index in [1.165, 1.54) is 17.0 Å². The van der Waals surface area contributed by atoms with E-state index >= 15 is 0 Å². The van der Waals surface area contributed by atoms with Gasteiger partial charge in [-0.25, -0.2) is 0 Å². The summed E-state index contributed by atoms with van der Waals surface area (Å²) >= 11 is 2.75. The number of imide groups is 1. The second-order valence-electron chi connectivity index (χ2n) is 12.9. The van der Waals surface area contributed by atoms with Crippen LogP contribution in [0.25, 0.3) is 0 Å². The van der Waals surface area contributed by atoms with Crippen LogP contribution in [0.1, 0.15) is 35.3 Å². The average Bonchev–Trinajstić information content (AvgIpc) is 3.83. The summed E-state index contributed by atoms with van der Waals surface area (Å²) in [5.41, 5.74) is 0.532. The number of carbonyl (C=O) groups excluding carboxylic acids is 3. The molecule has 258 valence electrons. The molecule has 9 nitrogen and oxygen atoms in total. The second-order valence-corrected chi connectivity index (χ2v) is 15.1. The summed E-state index contributed by atoms with van der Waals surface area (Å²) in [4.78, 5) is 58.2. The maximum Gasteiger partial charge on any atom is 0.416 e. The normalized spacial score (nSPS) is 26.4. The highest BCUT2D eigenvalue weighted by Gasteiger charge is 2.69. The lowest BCUT2D eigenvalue weighted by Crippen LogP contribution is -2.42. The van der Waals surface area contributed by atoms with E-state index in [1.807, 2.05) is 30.3 Å². The Labute approximate surface area is 292 Å². The lowest BCUT2D eigenvalue weighted by atomic mass is 9.68. The number of ether oxygens (including phenoxy) is 2. The lowest BCUT2D eigenvalue weighted by molar-refractivity contribution is -0.137. The van der Waals surface area contributed by atoms with Crippen molar-refractivity contribution < 1.29 is 37.0 Å². The molecule has 14 heteroatoms. The van der Waals surface area contributed by atoms with Gasteiger partial charge in [0.1, 0.15) is 0 Å². The molecule has 4 aromatic rings. The number of alkyl halides is 3. The standard InChI is InChI=1S/C36H30F3N3O6S2/c1-2-47-24-13-17(11-12-23(24)48-16-25(43)40-19-8-6-7-18(14-19)36(37,38)39)26-27-21-15-22(30(27)49-32-31(26)50-35(46)41-32)29-28(21)33(44)42(34(29)45)20-9-4-3-5-10-20/h3-14,21-22,26-30H,2,15-16H2,1H3,(H,40,43)(H,41,46)/t21-,22-,26+,27-,28+,29+,30-/m1/s1. The number of thiazole rings is 1. The van der Waals surface area contributed by atoms with Gasteiger partial charge >= 0.3 is 11.0 Å². The van der Waals surface area contributed by atoms with Crippen molar-refractivity contribution in [2.45, 2.75) is 35.7 Å². The molecule has 3 heterocycles. The first kappa shape index (κ1) is 32.6. The number of hydrogen-bond acceptors (Lipinski definition) is 8. The molecule has 3 amide bonds. The molecule has 0 unspecified atom stereocenters. The molecular weight excluding hydrogens is 692 g/mol. The number of anilines is 2. The van der Waals surface area contributed by atoms with E-state index in [0.29, 0.717) is 11.4 Å². The number of hydrogen-bond donors (Lipinski definition) is 2. The van der Waals surface area contributed by atoms with Gasteiger partial charge in [0, 0.05) is 21.7 Å². The zero-order valence-corrected chi connectivity index (χ0v) is 28.1. The number of thioether (sulfide) groups is 1. The molecule has 1 aromatic heterocycles. The highest BCUT2D eigenvalue weighted by Crippen LogP contribution is 2.68. The van der Waals surface area contributed by atoms with Gasteiger partial charge in [-0.1, -0.05) is 41.7 Å². The molecule has 0 radical (unpaired) electrons. The molecule has 1 saturated heterocycles. The molecular formula is C36H30F3N3O6S2. The molecule has 3 fully saturated rings. The number of aromatic nitrogens is 1. The Morgan fingerprint density at radius 2 is 1.70 bits per heavy atom. The van der Waals surface area contributed by atoms with Crippen LogP contribution in [0.15, 0.2) is 82.6 Å². The summed E-state index contributed by atoms with van der Waals surface area (Å²) in [6.45, 7) is 1.61. The van der Waals surface area contributed by atoms with E-state index in [0.717, 1.165) is 45.4 Å². The zero-order valence-electron chi connectivity index (χ0n) is 26.4. The highest BCUT2D eigenvalue weighted by atomic mass is 32.2. The zero-order chi connectivity index (χ0) is 34.9. The van der Waals surface area contributed by atoms with Crippen molar-refractivity contribution in [1.29, 1.82) is 0 Å². The SMILES string of the molecule is CCOc1cc([C@@H]2c3sc(=O)[nH]c3S[C@@H]3[C@@H]4C[C@@H]([C@@H]5C(=O)N(c6ccccc6)C(=O)[C@@H]45)[C@H]23)ccc1OCC(=O)Nc1cccc(C(F)(F)F)c1. The smallest absolute Gasteiger partial charge is 0.416 e. The van der Waals surface area contributed by atoms with Gasteiger partial charge in [-0.15, -0.1) is 11.8 Å². The predicted molar refractivity (Wildman–Crippen MR) is 181 cm³/mol. The fraction of sp³-hybridized carbons (Fsp3) is 0.333. The highest BCUT2D eigenvalue weighted by molar-refractivity contribution is 8.00. The van der Waals surface area contributed by atoms with Crippen molar-refractivity contribution in [3.63, 3.8) is 0 Å². The first-order valence-electron chi connectivity index (χ1n) is 16.2. The van der Waals surface area contributed by atoms with Crippen molar-refractivity contribution in [2.24, 2.45) is 29.6 Å². The number of para-hydroxylation sites is 1. The van der Waals surface area contributed by atoms with Crippen LogP contribution >= 0.6 is 23.1 Å². The van der Waals surface area contributed by atoms with Crippen LogP contribution in [-0.4, -0.2) is 41.2 Å². The van der Waals surface area contributed by atoms with Crippen LogP contribution in [0.4, 0.5) is 24.5 Å². The molecule has 2 N–H and O–H groups in total. The Morgan fingerprint density at radius 3 is 2.44 bits per heavy atom. The number of rotatable bonds is 8. The molecule has 50 heavy (non-hydrogen) atoms. The van der Waals surface area contributed by atoms with Gasteiger partial charge in [-0.3, -0.25) is 24.1 Å². The van der Waals surface area contributed by atoms with E-state index in [2.05, 4.69) is 10.3 Å². The minimum atomic E-state index is -4.55. The summed E-state index contributed by atoms with van der Waals surface area (Å²) in [6, 6.07) is 18.7. The molecule has 3 aromatic carbocycles. The number of amides is 3. The number of aromatic amines is 1. The van der Waals surface area contributed by atoms with Crippen LogP contribution in [0.5, 0.6) is 11.5 Å². The van der Waals surface area contributed by atoms with Gasteiger partial charge < -0.3 is 19.8 Å². The van der Waals surface area contributed by atoms with Crippen molar-refractivity contribution in [3.8, 4) is 11.5 Å². The predicted octanol–water partition coefficient (Wildman–Crippen LogP) is 6.55. The summed E-state index contributed by atoms with van der Waals surface area (Å²) in [6.07, 6.45) is -3.81.